The second-order valence-corrected chi connectivity index (χ2v) is 9.03. The molecule has 1 aliphatic rings. The molecule has 1 aromatic rings. The van der Waals surface area contributed by atoms with Crippen LogP contribution >= 0.6 is 0 Å². The van der Waals surface area contributed by atoms with E-state index in [2.05, 4.69) is 5.32 Å². The highest BCUT2D eigenvalue weighted by atomic mass is 32.2. The minimum absolute atomic E-state index is 0.0364. The fourth-order valence-corrected chi connectivity index (χ4v) is 4.24. The van der Waals surface area contributed by atoms with E-state index in [4.69, 9.17) is 9.47 Å². The number of methoxy groups -OCH3 is 2. The number of amides is 1. The Morgan fingerprint density at radius 2 is 1.64 bits per heavy atom. The van der Waals surface area contributed by atoms with Crippen LogP contribution in [0.5, 0.6) is 0 Å². The van der Waals surface area contributed by atoms with Gasteiger partial charge in [0.25, 0.3) is 5.91 Å². The van der Waals surface area contributed by atoms with Gasteiger partial charge in [0.15, 0.2) is 9.84 Å². The zero-order valence-electron chi connectivity index (χ0n) is 16.2. The molecule has 0 radical (unpaired) electrons. The van der Waals surface area contributed by atoms with Gasteiger partial charge in [-0.3, -0.25) is 9.59 Å². The summed E-state index contributed by atoms with van der Waals surface area (Å²) in [6.07, 6.45) is 1.26. The van der Waals surface area contributed by atoms with Gasteiger partial charge in [-0.1, -0.05) is 6.92 Å². The molecule has 9 heteroatoms. The van der Waals surface area contributed by atoms with Gasteiger partial charge in [0, 0.05) is 5.56 Å². The van der Waals surface area contributed by atoms with E-state index in [0.29, 0.717) is 12.8 Å². The molecule has 154 valence electrons. The van der Waals surface area contributed by atoms with Gasteiger partial charge in [-0.25, -0.2) is 13.2 Å². The highest BCUT2D eigenvalue weighted by molar-refractivity contribution is 7.91. The molecule has 0 unspecified atom stereocenters. The van der Waals surface area contributed by atoms with Crippen molar-refractivity contribution >= 4 is 27.7 Å². The van der Waals surface area contributed by atoms with Crippen LogP contribution in [-0.4, -0.2) is 51.8 Å². The molecule has 28 heavy (non-hydrogen) atoms. The number of sulfone groups is 1. The zero-order valence-corrected chi connectivity index (χ0v) is 17.0. The Labute approximate surface area is 164 Å². The summed E-state index contributed by atoms with van der Waals surface area (Å²) in [5, 5.41) is 2.73. The lowest BCUT2D eigenvalue weighted by atomic mass is 9.76. The molecular weight excluding hydrogens is 386 g/mol. The number of ether oxygens (including phenoxy) is 2. The Morgan fingerprint density at radius 1 is 1.07 bits per heavy atom. The van der Waals surface area contributed by atoms with Crippen molar-refractivity contribution in [1.82, 2.24) is 5.32 Å². The first-order valence-electron chi connectivity index (χ1n) is 9.00. The van der Waals surface area contributed by atoms with Crippen molar-refractivity contribution in [3.05, 3.63) is 29.8 Å². The van der Waals surface area contributed by atoms with Crippen molar-refractivity contribution in [2.45, 2.75) is 43.0 Å². The summed E-state index contributed by atoms with van der Waals surface area (Å²) in [7, 11) is -0.807. The highest BCUT2D eigenvalue weighted by Gasteiger charge is 2.45. The van der Waals surface area contributed by atoms with Gasteiger partial charge in [0.2, 0.25) is 0 Å². The van der Waals surface area contributed by atoms with Crippen LogP contribution in [0.2, 0.25) is 0 Å². The molecule has 0 heterocycles. The Bertz CT molecular complexity index is 838. The first-order valence-corrected chi connectivity index (χ1v) is 10.7. The van der Waals surface area contributed by atoms with Gasteiger partial charge in [-0.15, -0.1) is 0 Å². The number of benzene rings is 1. The van der Waals surface area contributed by atoms with Gasteiger partial charge in [-0.05, 0) is 49.9 Å². The SMILES string of the molecule is CCS(=O)(=O)c1ccc(C(=O)NC2(C(=O)OC)CCC(C(=O)OC)CC2)cc1. The second kappa shape index (κ2) is 8.72. The van der Waals surface area contributed by atoms with Gasteiger partial charge in [-0.2, -0.15) is 0 Å². The molecule has 1 saturated carbocycles. The monoisotopic (exact) mass is 411 g/mol. The van der Waals surface area contributed by atoms with Crippen molar-refractivity contribution < 1.29 is 32.3 Å². The Hall–Kier alpha value is -2.42. The molecule has 1 fully saturated rings. The average Bonchev–Trinajstić information content (AvgIpc) is 2.73. The molecular formula is C19H25NO7S. The molecule has 0 aliphatic heterocycles. The number of carbonyl (C=O) groups excluding carboxylic acids is 3. The third kappa shape index (κ3) is 4.52. The second-order valence-electron chi connectivity index (χ2n) is 6.75. The van der Waals surface area contributed by atoms with Crippen LogP contribution in [0.15, 0.2) is 29.2 Å². The molecule has 0 spiro atoms. The number of esters is 2. The smallest absolute Gasteiger partial charge is 0.331 e. The summed E-state index contributed by atoms with van der Waals surface area (Å²) < 4.78 is 33.4. The minimum Gasteiger partial charge on any atom is -0.469 e. The van der Waals surface area contributed by atoms with Crippen molar-refractivity contribution in [2.75, 3.05) is 20.0 Å². The van der Waals surface area contributed by atoms with Crippen LogP contribution in [0.4, 0.5) is 0 Å². The molecule has 1 amide bonds. The van der Waals surface area contributed by atoms with Crippen LogP contribution in [-0.2, 0) is 28.9 Å². The maximum atomic E-state index is 12.7. The van der Waals surface area contributed by atoms with E-state index >= 15 is 0 Å². The summed E-state index contributed by atoms with van der Waals surface area (Å²) >= 11 is 0. The van der Waals surface area contributed by atoms with Crippen molar-refractivity contribution in [3.8, 4) is 0 Å². The summed E-state index contributed by atoms with van der Waals surface area (Å²) in [5.41, 5.74) is -1.00. The van der Waals surface area contributed by atoms with E-state index in [9.17, 15) is 22.8 Å². The lowest BCUT2D eigenvalue weighted by molar-refractivity contribution is -0.154. The van der Waals surface area contributed by atoms with E-state index in [0.717, 1.165) is 0 Å². The lowest BCUT2D eigenvalue weighted by Crippen LogP contribution is -2.57. The first-order chi connectivity index (χ1) is 13.2. The largest absolute Gasteiger partial charge is 0.469 e. The quantitative estimate of drug-likeness (QED) is 0.705. The summed E-state index contributed by atoms with van der Waals surface area (Å²) in [5.74, 6) is -1.78. The molecule has 0 atom stereocenters. The minimum atomic E-state index is -3.36. The molecule has 0 bridgehead atoms. The third-order valence-corrected chi connectivity index (χ3v) is 6.91. The van der Waals surface area contributed by atoms with Crippen molar-refractivity contribution in [3.63, 3.8) is 0 Å². The van der Waals surface area contributed by atoms with Gasteiger partial charge >= 0.3 is 11.9 Å². The summed E-state index contributed by atoms with van der Waals surface area (Å²) in [6, 6.07) is 5.55. The highest BCUT2D eigenvalue weighted by Crippen LogP contribution is 2.34. The standard InChI is InChI=1S/C19H25NO7S/c1-4-28(24,25)15-7-5-13(6-8-15)16(21)20-19(18(23)27-3)11-9-14(10-12-19)17(22)26-2/h5-8,14H,4,9-12H2,1-3H3,(H,20,21). The number of hydrogen-bond acceptors (Lipinski definition) is 7. The van der Waals surface area contributed by atoms with Crippen molar-refractivity contribution in [2.24, 2.45) is 5.92 Å². The Kier molecular flexibility index (Phi) is 6.82. The van der Waals surface area contributed by atoms with Crippen LogP contribution < -0.4 is 5.32 Å². The van der Waals surface area contributed by atoms with Crippen LogP contribution in [0.1, 0.15) is 43.0 Å². The summed E-state index contributed by atoms with van der Waals surface area (Å²) in [6.45, 7) is 1.54. The van der Waals surface area contributed by atoms with E-state index in [1.807, 2.05) is 0 Å². The average molecular weight is 411 g/mol. The van der Waals surface area contributed by atoms with Crippen molar-refractivity contribution in [1.29, 1.82) is 0 Å². The van der Waals surface area contributed by atoms with Crippen LogP contribution in [0.25, 0.3) is 0 Å². The predicted molar refractivity (Wildman–Crippen MR) is 100 cm³/mol. The molecule has 1 aromatic carbocycles. The molecule has 1 aliphatic carbocycles. The molecule has 2 rings (SSSR count). The number of rotatable bonds is 6. The Morgan fingerprint density at radius 3 is 2.11 bits per heavy atom. The van der Waals surface area contributed by atoms with E-state index in [1.54, 1.807) is 6.92 Å². The van der Waals surface area contributed by atoms with Crippen LogP contribution in [0, 0.1) is 5.92 Å². The molecule has 1 N–H and O–H groups in total. The predicted octanol–water partition coefficient (Wildman–Crippen LogP) is 1.48. The van der Waals surface area contributed by atoms with E-state index in [-0.39, 0.29) is 40.9 Å². The van der Waals surface area contributed by atoms with Gasteiger partial charge < -0.3 is 14.8 Å². The lowest BCUT2D eigenvalue weighted by Gasteiger charge is -2.37. The van der Waals surface area contributed by atoms with Gasteiger partial charge in [0.05, 0.1) is 30.8 Å². The summed E-state index contributed by atoms with van der Waals surface area (Å²) in [4.78, 5) is 36.9. The number of hydrogen-bond donors (Lipinski definition) is 1. The maximum absolute atomic E-state index is 12.7. The molecule has 8 nitrogen and oxygen atoms in total. The van der Waals surface area contributed by atoms with E-state index in [1.165, 1.54) is 38.5 Å². The first kappa shape index (κ1) is 21.9. The maximum Gasteiger partial charge on any atom is 0.331 e. The van der Waals surface area contributed by atoms with Crippen LogP contribution in [0.3, 0.4) is 0 Å². The number of carbonyl (C=O) groups is 3. The fourth-order valence-electron chi connectivity index (χ4n) is 3.36. The Balaban J connectivity index is 2.18. The molecule has 0 saturated heterocycles. The topological polar surface area (TPSA) is 116 Å². The van der Waals surface area contributed by atoms with E-state index < -0.39 is 27.3 Å². The third-order valence-electron chi connectivity index (χ3n) is 5.16. The molecule has 0 aromatic heterocycles. The van der Waals surface area contributed by atoms with Gasteiger partial charge in [0.1, 0.15) is 5.54 Å². The fraction of sp³-hybridized carbons (Fsp3) is 0.526. The zero-order chi connectivity index (χ0) is 20.9. The normalized spacial score (nSPS) is 22.2. The number of nitrogens with one attached hydrogen (secondary N) is 1.